The maximum Gasteiger partial charge on any atom is 0.315 e. The Labute approximate surface area is 78.8 Å². The van der Waals surface area contributed by atoms with Crippen molar-refractivity contribution in [2.45, 2.75) is 13.8 Å². The molecular weight excluding hydrogens is 176 g/mol. The highest BCUT2D eigenvalue weighted by molar-refractivity contribution is 7.81. The van der Waals surface area contributed by atoms with Crippen LogP contribution >= 0.6 is 12.6 Å². The largest absolute Gasteiger partial charge is 0.463 e. The van der Waals surface area contributed by atoms with Crippen LogP contribution in [0.2, 0.25) is 0 Å². The fraction of sp³-hybridized carbons (Fsp3) is 0.875. The van der Waals surface area contributed by atoms with E-state index in [9.17, 15) is 4.79 Å². The molecule has 72 valence electrons. The maximum absolute atomic E-state index is 10.6. The Bertz CT molecular complexity index is 125. The average molecular weight is 192 g/mol. The van der Waals surface area contributed by atoms with E-state index < -0.39 is 0 Å². The van der Waals surface area contributed by atoms with Crippen molar-refractivity contribution in [1.82, 2.24) is 0 Å². The number of hydrogen-bond acceptors (Lipinski definition) is 4. The van der Waals surface area contributed by atoms with Gasteiger partial charge in [0.15, 0.2) is 0 Å². The van der Waals surface area contributed by atoms with Crippen LogP contribution in [0.25, 0.3) is 0 Å². The van der Waals surface area contributed by atoms with Crippen LogP contribution < -0.4 is 0 Å². The van der Waals surface area contributed by atoms with Gasteiger partial charge in [0.25, 0.3) is 0 Å². The first-order chi connectivity index (χ1) is 5.66. The molecule has 0 rings (SSSR count). The summed E-state index contributed by atoms with van der Waals surface area (Å²) >= 11 is 3.76. The van der Waals surface area contributed by atoms with Crippen molar-refractivity contribution in [3.05, 3.63) is 0 Å². The highest BCUT2D eigenvalue weighted by atomic mass is 32.1. The molecular formula is C8H16O3S. The number of ether oxygens (including phenoxy) is 2. The van der Waals surface area contributed by atoms with E-state index in [0.717, 1.165) is 0 Å². The van der Waals surface area contributed by atoms with Gasteiger partial charge >= 0.3 is 5.97 Å². The van der Waals surface area contributed by atoms with Gasteiger partial charge in [0.2, 0.25) is 0 Å². The van der Waals surface area contributed by atoms with Crippen LogP contribution in [0.4, 0.5) is 0 Å². The highest BCUT2D eigenvalue weighted by Gasteiger charge is 1.98. The zero-order valence-electron chi connectivity index (χ0n) is 7.58. The number of rotatable bonds is 6. The molecule has 0 amide bonds. The van der Waals surface area contributed by atoms with Crippen molar-refractivity contribution in [3.63, 3.8) is 0 Å². The Balaban J connectivity index is 3.05. The van der Waals surface area contributed by atoms with Gasteiger partial charge in [-0.05, 0) is 5.92 Å². The van der Waals surface area contributed by atoms with Crippen LogP contribution in [-0.4, -0.2) is 31.5 Å². The lowest BCUT2D eigenvalue weighted by molar-refractivity contribution is -0.142. The Hall–Kier alpha value is -0.220. The lowest BCUT2D eigenvalue weighted by Gasteiger charge is -2.06. The minimum atomic E-state index is -0.300. The van der Waals surface area contributed by atoms with Gasteiger partial charge in [-0.15, -0.1) is 0 Å². The zero-order chi connectivity index (χ0) is 9.40. The van der Waals surface area contributed by atoms with Crippen LogP contribution in [0.1, 0.15) is 13.8 Å². The molecule has 0 aliphatic rings. The van der Waals surface area contributed by atoms with Gasteiger partial charge in [-0.1, -0.05) is 13.8 Å². The number of carbonyl (C=O) groups excluding carboxylic acids is 1. The summed E-state index contributed by atoms with van der Waals surface area (Å²) in [5.41, 5.74) is 0. The number of esters is 1. The predicted molar refractivity (Wildman–Crippen MR) is 50.5 cm³/mol. The summed E-state index contributed by atoms with van der Waals surface area (Å²) in [6.07, 6.45) is 0. The molecule has 0 saturated carbocycles. The maximum atomic E-state index is 10.6. The first-order valence-electron chi connectivity index (χ1n) is 4.01. The van der Waals surface area contributed by atoms with Gasteiger partial charge in [-0.25, -0.2) is 0 Å². The monoisotopic (exact) mass is 192 g/mol. The zero-order valence-corrected chi connectivity index (χ0v) is 8.47. The predicted octanol–water partition coefficient (Wildman–Crippen LogP) is 1.13. The van der Waals surface area contributed by atoms with Gasteiger partial charge in [-0.3, -0.25) is 4.79 Å². The molecule has 0 aromatic heterocycles. The standard InChI is InChI=1S/C8H16O3S/c1-7(2)5-10-3-4-11-8(9)6-12/h7,12H,3-6H2,1-2H3. The van der Waals surface area contributed by atoms with Gasteiger partial charge in [0.1, 0.15) is 6.61 Å². The minimum Gasteiger partial charge on any atom is -0.463 e. The molecule has 4 heteroatoms. The fourth-order valence-corrected chi connectivity index (χ4v) is 0.670. The summed E-state index contributed by atoms with van der Waals surface area (Å²) in [4.78, 5) is 10.6. The van der Waals surface area contributed by atoms with Crippen LogP contribution in [0.5, 0.6) is 0 Å². The second kappa shape index (κ2) is 7.43. The summed E-state index contributed by atoms with van der Waals surface area (Å²) in [5.74, 6) is 0.349. The van der Waals surface area contributed by atoms with E-state index in [2.05, 4.69) is 26.5 Å². The minimum absolute atomic E-state index is 0.129. The smallest absolute Gasteiger partial charge is 0.315 e. The van der Waals surface area contributed by atoms with E-state index in [4.69, 9.17) is 9.47 Å². The number of hydrogen-bond donors (Lipinski definition) is 1. The van der Waals surface area contributed by atoms with E-state index in [1.54, 1.807) is 0 Å². The summed E-state index contributed by atoms with van der Waals surface area (Å²) in [6, 6.07) is 0. The van der Waals surface area contributed by atoms with Crippen molar-refractivity contribution in [3.8, 4) is 0 Å². The molecule has 12 heavy (non-hydrogen) atoms. The van der Waals surface area contributed by atoms with E-state index in [1.165, 1.54) is 0 Å². The van der Waals surface area contributed by atoms with E-state index in [1.807, 2.05) is 0 Å². The molecule has 0 saturated heterocycles. The van der Waals surface area contributed by atoms with Gasteiger partial charge in [0.05, 0.1) is 12.4 Å². The van der Waals surface area contributed by atoms with E-state index in [-0.39, 0.29) is 11.7 Å². The third-order valence-corrected chi connectivity index (χ3v) is 1.33. The fourth-order valence-electron chi connectivity index (χ4n) is 0.579. The third-order valence-electron chi connectivity index (χ3n) is 1.07. The van der Waals surface area contributed by atoms with Crippen molar-refractivity contribution in [1.29, 1.82) is 0 Å². The first kappa shape index (κ1) is 11.8. The lowest BCUT2D eigenvalue weighted by atomic mass is 10.2. The second-order valence-electron chi connectivity index (χ2n) is 2.85. The Morgan fingerprint density at radius 2 is 2.08 bits per heavy atom. The van der Waals surface area contributed by atoms with Crippen molar-refractivity contribution >= 4 is 18.6 Å². The van der Waals surface area contributed by atoms with Crippen molar-refractivity contribution < 1.29 is 14.3 Å². The Kier molecular flexibility index (Phi) is 7.29. The van der Waals surface area contributed by atoms with Crippen LogP contribution in [-0.2, 0) is 14.3 Å². The van der Waals surface area contributed by atoms with Crippen LogP contribution in [0.15, 0.2) is 0 Å². The molecule has 0 atom stereocenters. The van der Waals surface area contributed by atoms with Crippen LogP contribution in [0.3, 0.4) is 0 Å². The molecule has 0 fully saturated rings. The summed E-state index contributed by atoms with van der Waals surface area (Å²) in [6.45, 7) is 5.64. The second-order valence-corrected chi connectivity index (χ2v) is 3.16. The van der Waals surface area contributed by atoms with Gasteiger partial charge in [-0.2, -0.15) is 12.6 Å². The SMILES string of the molecule is CC(C)COCCOC(=O)CS. The normalized spacial score (nSPS) is 10.3. The molecule has 0 N–H and O–H groups in total. The first-order valence-corrected chi connectivity index (χ1v) is 4.64. The summed E-state index contributed by atoms with van der Waals surface area (Å²) < 4.78 is 9.92. The summed E-state index contributed by atoms with van der Waals surface area (Å²) in [7, 11) is 0. The van der Waals surface area contributed by atoms with Gasteiger partial charge < -0.3 is 9.47 Å². The quantitative estimate of drug-likeness (QED) is 0.389. The Morgan fingerprint density at radius 1 is 1.42 bits per heavy atom. The van der Waals surface area contributed by atoms with E-state index >= 15 is 0 Å². The average Bonchev–Trinajstić information content (AvgIpc) is 2.03. The molecule has 0 aromatic carbocycles. The molecule has 0 aromatic rings. The molecule has 0 bridgehead atoms. The molecule has 0 spiro atoms. The van der Waals surface area contributed by atoms with Crippen molar-refractivity contribution in [2.75, 3.05) is 25.6 Å². The molecule has 0 unspecified atom stereocenters. The molecule has 3 nitrogen and oxygen atoms in total. The Morgan fingerprint density at radius 3 is 2.58 bits per heavy atom. The van der Waals surface area contributed by atoms with Crippen molar-refractivity contribution in [2.24, 2.45) is 5.92 Å². The summed E-state index contributed by atoms with van der Waals surface area (Å²) in [5, 5.41) is 0. The number of carbonyl (C=O) groups is 1. The van der Waals surface area contributed by atoms with E-state index in [0.29, 0.717) is 25.7 Å². The third kappa shape index (κ3) is 7.88. The molecule has 0 heterocycles. The highest BCUT2D eigenvalue weighted by Crippen LogP contribution is 1.92. The molecule has 0 aliphatic carbocycles. The topological polar surface area (TPSA) is 35.5 Å². The lowest BCUT2D eigenvalue weighted by Crippen LogP contribution is -2.13. The van der Waals surface area contributed by atoms with Gasteiger partial charge in [0, 0.05) is 6.61 Å². The molecule has 0 aliphatic heterocycles. The van der Waals surface area contributed by atoms with Crippen LogP contribution in [0, 0.1) is 5.92 Å². The number of thiol groups is 1. The molecule has 0 radical (unpaired) electrons.